The summed E-state index contributed by atoms with van der Waals surface area (Å²) in [6, 6.07) is 5.26. The van der Waals surface area contributed by atoms with E-state index < -0.39 is 5.69 Å². The van der Waals surface area contributed by atoms with Crippen molar-refractivity contribution in [2.45, 2.75) is 6.92 Å². The Morgan fingerprint density at radius 3 is 2.81 bits per heavy atom. The first-order valence-corrected chi connectivity index (χ1v) is 6.72. The molecule has 0 saturated carbocycles. The maximum atomic E-state index is 12.3. The molecule has 2 aromatic heterocycles. The highest BCUT2D eigenvalue weighted by atomic mass is 35.5. The second-order valence-electron chi connectivity index (χ2n) is 4.42. The van der Waals surface area contributed by atoms with Crippen molar-refractivity contribution < 1.29 is 0 Å². The fourth-order valence-electron chi connectivity index (χ4n) is 2.13. The van der Waals surface area contributed by atoms with Crippen LogP contribution in [0.1, 0.15) is 5.56 Å². The van der Waals surface area contributed by atoms with Crippen molar-refractivity contribution in [1.29, 1.82) is 5.41 Å². The summed E-state index contributed by atoms with van der Waals surface area (Å²) >= 11 is 11.9. The lowest BCUT2D eigenvalue weighted by atomic mass is 10.2. The number of aromatic nitrogens is 4. The number of hydrogen-bond donors (Lipinski definition) is 2. The molecule has 6 nitrogen and oxygen atoms in total. The molecule has 0 atom stereocenters. The van der Waals surface area contributed by atoms with E-state index in [4.69, 9.17) is 28.6 Å². The molecule has 106 valence electrons. The van der Waals surface area contributed by atoms with E-state index in [9.17, 15) is 4.79 Å². The first-order chi connectivity index (χ1) is 9.99. The largest absolute Gasteiger partial charge is 0.333 e. The van der Waals surface area contributed by atoms with Crippen LogP contribution in [0.25, 0.3) is 16.7 Å². The summed E-state index contributed by atoms with van der Waals surface area (Å²) < 4.78 is 1.19. The average Bonchev–Trinajstić information content (AvgIpc) is 2.41. The van der Waals surface area contributed by atoms with Gasteiger partial charge in [-0.15, -0.1) is 0 Å². The lowest BCUT2D eigenvalue weighted by Crippen LogP contribution is -2.34. The molecule has 2 heterocycles. The average molecular weight is 322 g/mol. The van der Waals surface area contributed by atoms with Gasteiger partial charge >= 0.3 is 5.69 Å². The van der Waals surface area contributed by atoms with E-state index in [2.05, 4.69) is 15.0 Å². The van der Waals surface area contributed by atoms with Crippen LogP contribution in [-0.4, -0.2) is 19.5 Å². The van der Waals surface area contributed by atoms with Crippen molar-refractivity contribution in [2.24, 2.45) is 0 Å². The minimum atomic E-state index is -0.515. The van der Waals surface area contributed by atoms with Gasteiger partial charge < -0.3 is 0 Å². The van der Waals surface area contributed by atoms with Gasteiger partial charge in [0.1, 0.15) is 11.1 Å². The van der Waals surface area contributed by atoms with E-state index in [1.165, 1.54) is 10.8 Å². The van der Waals surface area contributed by atoms with Crippen molar-refractivity contribution in [1.82, 2.24) is 19.5 Å². The van der Waals surface area contributed by atoms with Crippen LogP contribution in [0.5, 0.6) is 0 Å². The topological polar surface area (TPSA) is 87.4 Å². The summed E-state index contributed by atoms with van der Waals surface area (Å²) in [6.07, 6.45) is 1.39. The van der Waals surface area contributed by atoms with Gasteiger partial charge in [-0.1, -0.05) is 23.7 Å². The predicted octanol–water partition coefficient (Wildman–Crippen LogP) is 2.20. The molecule has 0 bridgehead atoms. The normalized spacial score (nSPS) is 11.0. The minimum absolute atomic E-state index is 0.00391. The standard InChI is InChI=1S/C13H9Cl2N5O/c1-6-3-2-4-8(14)9(6)20-10(16)7-5-17-12(15)18-11(7)19-13(20)21/h2-5,16H,1H3,(H,17,18,19,21). The Balaban J connectivity index is 2.48. The first kappa shape index (κ1) is 13.8. The van der Waals surface area contributed by atoms with Gasteiger partial charge in [0.2, 0.25) is 5.28 Å². The predicted molar refractivity (Wildman–Crippen MR) is 80.1 cm³/mol. The molecule has 0 radical (unpaired) electrons. The number of benzene rings is 1. The summed E-state index contributed by atoms with van der Waals surface area (Å²) in [6.45, 7) is 1.82. The van der Waals surface area contributed by atoms with Crippen LogP contribution in [0.3, 0.4) is 0 Å². The first-order valence-electron chi connectivity index (χ1n) is 5.96. The van der Waals surface area contributed by atoms with Crippen LogP contribution in [0, 0.1) is 12.3 Å². The van der Waals surface area contributed by atoms with E-state index in [0.29, 0.717) is 16.1 Å². The van der Waals surface area contributed by atoms with E-state index in [0.717, 1.165) is 5.56 Å². The van der Waals surface area contributed by atoms with Crippen molar-refractivity contribution in [3.63, 3.8) is 0 Å². The SMILES string of the molecule is Cc1cccc(Cl)c1-n1c(=O)[nH]c2nc(Cl)ncc2c1=N. The summed E-state index contributed by atoms with van der Waals surface area (Å²) in [4.78, 5) is 22.6. The Bertz CT molecular complexity index is 956. The maximum Gasteiger partial charge on any atom is 0.333 e. The molecule has 0 aliphatic carbocycles. The lowest BCUT2D eigenvalue weighted by Gasteiger charge is -2.12. The van der Waals surface area contributed by atoms with Crippen LogP contribution < -0.4 is 11.2 Å². The molecule has 0 aliphatic heterocycles. The third-order valence-electron chi connectivity index (χ3n) is 3.08. The summed E-state index contributed by atoms with van der Waals surface area (Å²) in [5.41, 5.74) is 0.883. The van der Waals surface area contributed by atoms with Gasteiger partial charge in [0.05, 0.1) is 16.1 Å². The third kappa shape index (κ3) is 2.22. The molecule has 21 heavy (non-hydrogen) atoms. The van der Waals surface area contributed by atoms with Crippen LogP contribution in [0.15, 0.2) is 29.2 Å². The van der Waals surface area contributed by atoms with E-state index >= 15 is 0 Å². The van der Waals surface area contributed by atoms with Crippen molar-refractivity contribution in [3.05, 3.63) is 56.2 Å². The van der Waals surface area contributed by atoms with Gasteiger partial charge in [-0.2, -0.15) is 4.98 Å². The number of halogens is 2. The van der Waals surface area contributed by atoms with Crippen LogP contribution in [0.4, 0.5) is 0 Å². The molecule has 3 rings (SSSR count). The van der Waals surface area contributed by atoms with Crippen molar-refractivity contribution in [2.75, 3.05) is 0 Å². The fourth-order valence-corrected chi connectivity index (χ4v) is 2.57. The molecule has 8 heteroatoms. The monoisotopic (exact) mass is 321 g/mol. The molecular formula is C13H9Cl2N5O. The number of rotatable bonds is 1. The van der Waals surface area contributed by atoms with Gasteiger partial charge in [-0.3, -0.25) is 10.4 Å². The summed E-state index contributed by atoms with van der Waals surface area (Å²) in [5, 5.41) is 9.00. The molecule has 0 amide bonds. The number of fused-ring (bicyclic) bond motifs is 1. The molecule has 0 saturated heterocycles. The van der Waals surface area contributed by atoms with E-state index in [-0.39, 0.29) is 16.4 Å². The van der Waals surface area contributed by atoms with E-state index in [1.54, 1.807) is 12.1 Å². The van der Waals surface area contributed by atoms with Gasteiger partial charge in [0, 0.05) is 6.20 Å². The Labute approximate surface area is 128 Å². The number of nitrogens with zero attached hydrogens (tertiary/aromatic N) is 3. The Kier molecular flexibility index (Phi) is 3.27. The Morgan fingerprint density at radius 2 is 2.10 bits per heavy atom. The summed E-state index contributed by atoms with van der Waals surface area (Å²) in [5.74, 6) is 0. The molecule has 1 aromatic carbocycles. The van der Waals surface area contributed by atoms with Crippen molar-refractivity contribution in [3.8, 4) is 5.69 Å². The summed E-state index contributed by atoms with van der Waals surface area (Å²) in [7, 11) is 0. The fraction of sp³-hybridized carbons (Fsp3) is 0.0769. The van der Waals surface area contributed by atoms with E-state index in [1.807, 2.05) is 13.0 Å². The zero-order valence-electron chi connectivity index (χ0n) is 10.8. The molecule has 2 N–H and O–H groups in total. The number of aryl methyl sites for hydroxylation is 1. The molecule has 0 aliphatic rings. The molecule has 0 spiro atoms. The number of H-pyrrole nitrogens is 1. The van der Waals surface area contributed by atoms with Gasteiger partial charge in [0.15, 0.2) is 0 Å². The van der Waals surface area contributed by atoms with Crippen LogP contribution in [-0.2, 0) is 0 Å². The van der Waals surface area contributed by atoms with Gasteiger partial charge in [0.25, 0.3) is 0 Å². The third-order valence-corrected chi connectivity index (χ3v) is 3.57. The minimum Gasteiger partial charge on any atom is -0.291 e. The van der Waals surface area contributed by atoms with Gasteiger partial charge in [-0.25, -0.2) is 14.3 Å². The second-order valence-corrected chi connectivity index (χ2v) is 5.17. The zero-order chi connectivity index (χ0) is 15.1. The van der Waals surface area contributed by atoms with Gasteiger partial charge in [-0.05, 0) is 30.2 Å². The highest BCUT2D eigenvalue weighted by Gasteiger charge is 2.13. The number of para-hydroxylation sites is 1. The lowest BCUT2D eigenvalue weighted by molar-refractivity contribution is 0.847. The zero-order valence-corrected chi connectivity index (χ0v) is 12.3. The molecule has 3 aromatic rings. The number of hydrogen-bond acceptors (Lipinski definition) is 4. The second kappa shape index (κ2) is 4.98. The smallest absolute Gasteiger partial charge is 0.291 e. The molecule has 0 unspecified atom stereocenters. The Hall–Kier alpha value is -2.18. The maximum absolute atomic E-state index is 12.3. The number of nitrogens with one attached hydrogen (secondary N) is 2. The van der Waals surface area contributed by atoms with Crippen LogP contribution >= 0.6 is 23.2 Å². The van der Waals surface area contributed by atoms with Crippen molar-refractivity contribution >= 4 is 34.2 Å². The molecular weight excluding hydrogens is 313 g/mol. The quantitative estimate of drug-likeness (QED) is 0.673. The highest BCUT2D eigenvalue weighted by molar-refractivity contribution is 6.32. The van der Waals surface area contributed by atoms with Crippen LogP contribution in [0.2, 0.25) is 10.3 Å². The number of aromatic amines is 1. The highest BCUT2D eigenvalue weighted by Crippen LogP contribution is 2.21. The Morgan fingerprint density at radius 1 is 1.33 bits per heavy atom. The molecule has 0 fully saturated rings.